The molecule has 0 saturated carbocycles. The van der Waals surface area contributed by atoms with Gasteiger partial charge in [-0.2, -0.15) is 13.2 Å². The Kier molecular flexibility index (Phi) is 3.53. The highest BCUT2D eigenvalue weighted by atomic mass is 19.4. The molecular weight excluding hydrogens is 255 g/mol. The molecule has 1 heterocycles. The number of aryl methyl sites for hydroxylation is 1. The summed E-state index contributed by atoms with van der Waals surface area (Å²) in [6, 6.07) is 4.06. The molecule has 2 aromatic rings. The monoisotopic (exact) mass is 267 g/mol. The van der Waals surface area contributed by atoms with Crippen LogP contribution in [0.4, 0.5) is 13.2 Å². The average Bonchev–Trinajstić information content (AvgIpc) is 2.38. The zero-order valence-corrected chi connectivity index (χ0v) is 10.1. The van der Waals surface area contributed by atoms with Gasteiger partial charge < -0.3 is 5.73 Å². The van der Waals surface area contributed by atoms with E-state index >= 15 is 0 Å². The molecule has 3 nitrogen and oxygen atoms in total. The zero-order valence-electron chi connectivity index (χ0n) is 10.1. The first-order chi connectivity index (χ1) is 8.88. The molecular formula is C13H12F3N3. The molecule has 0 radical (unpaired) electrons. The van der Waals surface area contributed by atoms with Crippen molar-refractivity contribution in [2.24, 2.45) is 5.73 Å². The molecule has 0 bridgehead atoms. The van der Waals surface area contributed by atoms with Gasteiger partial charge in [-0.25, -0.2) is 9.97 Å². The van der Waals surface area contributed by atoms with Crippen LogP contribution in [-0.2, 0) is 6.18 Å². The number of hydrogen-bond donors (Lipinski definition) is 1. The summed E-state index contributed by atoms with van der Waals surface area (Å²) in [7, 11) is 0. The lowest BCUT2D eigenvalue weighted by atomic mass is 10.0. The van der Waals surface area contributed by atoms with Crippen LogP contribution < -0.4 is 5.73 Å². The van der Waals surface area contributed by atoms with Crippen molar-refractivity contribution >= 4 is 0 Å². The molecule has 19 heavy (non-hydrogen) atoms. The van der Waals surface area contributed by atoms with Crippen molar-refractivity contribution in [3.05, 3.63) is 59.2 Å². The van der Waals surface area contributed by atoms with Gasteiger partial charge >= 0.3 is 6.18 Å². The molecule has 0 aliphatic rings. The molecule has 1 aromatic carbocycles. The molecule has 1 atom stereocenters. The molecule has 1 aromatic heterocycles. The number of nitrogens with zero attached hydrogens (tertiary/aromatic N) is 2. The fourth-order valence-electron chi connectivity index (χ4n) is 1.59. The first kappa shape index (κ1) is 13.5. The fraction of sp³-hybridized carbons (Fsp3) is 0.231. The van der Waals surface area contributed by atoms with Crippen LogP contribution in [0.25, 0.3) is 0 Å². The van der Waals surface area contributed by atoms with E-state index in [1.54, 1.807) is 12.4 Å². The van der Waals surface area contributed by atoms with Crippen LogP contribution in [0.3, 0.4) is 0 Å². The third-order valence-electron chi connectivity index (χ3n) is 2.68. The maximum atomic E-state index is 12.4. The maximum Gasteiger partial charge on any atom is 0.416 e. The predicted molar refractivity (Wildman–Crippen MR) is 64.2 cm³/mol. The van der Waals surface area contributed by atoms with Crippen molar-refractivity contribution in [2.45, 2.75) is 19.1 Å². The van der Waals surface area contributed by atoms with Gasteiger partial charge in [0, 0.05) is 12.4 Å². The van der Waals surface area contributed by atoms with Gasteiger partial charge in [0.25, 0.3) is 0 Å². The van der Waals surface area contributed by atoms with Gasteiger partial charge in [-0.1, -0.05) is 12.1 Å². The van der Waals surface area contributed by atoms with Crippen LogP contribution >= 0.6 is 0 Å². The number of hydrogen-bond acceptors (Lipinski definition) is 3. The number of rotatable bonds is 2. The van der Waals surface area contributed by atoms with Gasteiger partial charge in [-0.15, -0.1) is 0 Å². The molecule has 100 valence electrons. The molecule has 0 aliphatic heterocycles. The topological polar surface area (TPSA) is 51.8 Å². The summed E-state index contributed by atoms with van der Waals surface area (Å²) in [4.78, 5) is 8.13. The van der Waals surface area contributed by atoms with E-state index in [1.165, 1.54) is 12.1 Å². The maximum absolute atomic E-state index is 12.4. The fourth-order valence-corrected chi connectivity index (χ4v) is 1.59. The summed E-state index contributed by atoms with van der Waals surface area (Å²) in [5.74, 6) is 0.380. The third kappa shape index (κ3) is 3.08. The van der Waals surface area contributed by atoms with Gasteiger partial charge in [-0.3, -0.25) is 0 Å². The summed E-state index contributed by atoms with van der Waals surface area (Å²) in [5.41, 5.74) is 6.65. The first-order valence-corrected chi connectivity index (χ1v) is 5.59. The number of aromatic nitrogens is 2. The summed E-state index contributed by atoms with van der Waals surface area (Å²) in [6.07, 6.45) is -1.11. The lowest BCUT2D eigenvalue weighted by Gasteiger charge is -2.12. The Morgan fingerprint density at radius 3 is 2.05 bits per heavy atom. The smallest absolute Gasteiger partial charge is 0.318 e. The molecule has 0 aliphatic carbocycles. The molecule has 0 amide bonds. The summed E-state index contributed by atoms with van der Waals surface area (Å²) in [6.45, 7) is 1.84. The van der Waals surface area contributed by atoms with Crippen LogP contribution in [-0.4, -0.2) is 9.97 Å². The predicted octanol–water partition coefficient (Wildman–Crippen LogP) is 2.85. The Morgan fingerprint density at radius 1 is 1.05 bits per heavy atom. The van der Waals surface area contributed by atoms with Crippen LogP contribution in [0.2, 0.25) is 0 Å². The average molecular weight is 267 g/mol. The standard InChI is InChI=1S/C13H12F3N3/c1-8-6-18-12(19-7-8)11(17)9-2-4-10(5-3-9)13(14,15)16/h2-7,11H,17H2,1H3. The summed E-state index contributed by atoms with van der Waals surface area (Å²) < 4.78 is 37.3. The highest BCUT2D eigenvalue weighted by Crippen LogP contribution is 2.30. The van der Waals surface area contributed by atoms with E-state index < -0.39 is 17.8 Å². The second-order valence-electron chi connectivity index (χ2n) is 4.22. The van der Waals surface area contributed by atoms with E-state index in [2.05, 4.69) is 9.97 Å². The van der Waals surface area contributed by atoms with Gasteiger partial charge in [0.2, 0.25) is 0 Å². The minimum absolute atomic E-state index is 0.380. The summed E-state index contributed by atoms with van der Waals surface area (Å²) >= 11 is 0. The highest BCUT2D eigenvalue weighted by molar-refractivity contribution is 5.29. The Balaban J connectivity index is 2.25. The van der Waals surface area contributed by atoms with Crippen molar-refractivity contribution < 1.29 is 13.2 Å². The van der Waals surface area contributed by atoms with Gasteiger partial charge in [0.1, 0.15) is 5.82 Å². The normalized spacial score (nSPS) is 13.3. The van der Waals surface area contributed by atoms with Crippen LogP contribution in [0.5, 0.6) is 0 Å². The number of nitrogens with two attached hydrogens (primary N) is 1. The number of halogens is 3. The molecule has 0 saturated heterocycles. The van der Waals surface area contributed by atoms with Crippen LogP contribution in [0.15, 0.2) is 36.7 Å². The van der Waals surface area contributed by atoms with Crippen molar-refractivity contribution in [3.63, 3.8) is 0 Å². The second kappa shape index (κ2) is 4.97. The minimum Gasteiger partial charge on any atom is -0.318 e. The van der Waals surface area contributed by atoms with Gasteiger partial charge in [0.05, 0.1) is 11.6 Å². The third-order valence-corrected chi connectivity index (χ3v) is 2.68. The molecule has 2 N–H and O–H groups in total. The Bertz CT molecular complexity index is 547. The minimum atomic E-state index is -4.34. The number of benzene rings is 1. The van der Waals surface area contributed by atoms with Gasteiger partial charge in [-0.05, 0) is 30.2 Å². The van der Waals surface area contributed by atoms with Crippen LogP contribution in [0, 0.1) is 6.92 Å². The van der Waals surface area contributed by atoms with Crippen molar-refractivity contribution in [2.75, 3.05) is 0 Å². The van der Waals surface area contributed by atoms with E-state index in [4.69, 9.17) is 5.73 Å². The molecule has 6 heteroatoms. The lowest BCUT2D eigenvalue weighted by molar-refractivity contribution is -0.137. The number of alkyl halides is 3. The Hall–Kier alpha value is -1.95. The first-order valence-electron chi connectivity index (χ1n) is 5.59. The van der Waals surface area contributed by atoms with Crippen LogP contribution in [0.1, 0.15) is 28.6 Å². The largest absolute Gasteiger partial charge is 0.416 e. The summed E-state index contributed by atoms with van der Waals surface area (Å²) in [5, 5.41) is 0. The van der Waals surface area contributed by atoms with E-state index in [0.29, 0.717) is 11.4 Å². The quantitative estimate of drug-likeness (QED) is 0.910. The molecule has 1 unspecified atom stereocenters. The van der Waals surface area contributed by atoms with E-state index in [9.17, 15) is 13.2 Å². The molecule has 0 spiro atoms. The second-order valence-corrected chi connectivity index (χ2v) is 4.22. The van der Waals surface area contributed by atoms with Crippen molar-refractivity contribution in [1.82, 2.24) is 9.97 Å². The van der Waals surface area contributed by atoms with Crippen molar-refractivity contribution in [3.8, 4) is 0 Å². The highest BCUT2D eigenvalue weighted by Gasteiger charge is 2.30. The molecule has 2 rings (SSSR count). The lowest BCUT2D eigenvalue weighted by Crippen LogP contribution is -2.15. The van der Waals surface area contributed by atoms with Crippen molar-refractivity contribution in [1.29, 1.82) is 0 Å². The van der Waals surface area contributed by atoms with E-state index in [1.807, 2.05) is 6.92 Å². The Labute approximate surface area is 108 Å². The Morgan fingerprint density at radius 2 is 1.58 bits per heavy atom. The SMILES string of the molecule is Cc1cnc(C(N)c2ccc(C(F)(F)F)cc2)nc1. The zero-order chi connectivity index (χ0) is 14.0. The van der Waals surface area contributed by atoms with Gasteiger partial charge in [0.15, 0.2) is 0 Å². The van der Waals surface area contributed by atoms with E-state index in [0.717, 1.165) is 17.7 Å². The van der Waals surface area contributed by atoms with E-state index in [-0.39, 0.29) is 0 Å². The molecule has 0 fully saturated rings.